The summed E-state index contributed by atoms with van der Waals surface area (Å²) in [7, 11) is 1.58. The quantitative estimate of drug-likeness (QED) is 0.746. The number of carbonyl (C=O) groups excluding carboxylic acids is 1. The topological polar surface area (TPSA) is 41.6 Å². The van der Waals surface area contributed by atoms with Crippen LogP contribution < -0.4 is 5.32 Å². The van der Waals surface area contributed by atoms with Gasteiger partial charge in [-0.1, -0.05) is 0 Å². The van der Waals surface area contributed by atoms with Crippen molar-refractivity contribution in [2.75, 3.05) is 26.7 Å². The van der Waals surface area contributed by atoms with Gasteiger partial charge >= 0.3 is 0 Å². The van der Waals surface area contributed by atoms with Crippen LogP contribution in [-0.4, -0.2) is 49.7 Å². The Labute approximate surface area is 92.0 Å². The Bertz CT molecular complexity index is 203. The molecule has 0 aromatic carbocycles. The number of hydrogen-bond acceptors (Lipinski definition) is 3. The van der Waals surface area contributed by atoms with Gasteiger partial charge in [-0.05, 0) is 39.8 Å². The van der Waals surface area contributed by atoms with Gasteiger partial charge in [0.1, 0.15) is 6.10 Å². The summed E-state index contributed by atoms with van der Waals surface area (Å²) in [6, 6.07) is 0.390. The molecule has 0 bridgehead atoms. The van der Waals surface area contributed by atoms with Crippen LogP contribution in [0, 0.1) is 0 Å². The SMILES string of the molecule is CCN(C(=O)C(C)OC)C1CCNCC1. The number of piperidine rings is 1. The Kier molecular flexibility index (Phi) is 5.05. The van der Waals surface area contributed by atoms with E-state index in [0.717, 1.165) is 32.5 Å². The maximum Gasteiger partial charge on any atom is 0.251 e. The predicted molar refractivity (Wildman–Crippen MR) is 59.7 cm³/mol. The molecular formula is C11H22N2O2. The third kappa shape index (κ3) is 3.18. The maximum atomic E-state index is 12.0. The molecule has 0 spiro atoms. The van der Waals surface area contributed by atoms with Crippen molar-refractivity contribution < 1.29 is 9.53 Å². The number of nitrogens with one attached hydrogen (secondary N) is 1. The second-order valence-electron chi connectivity index (χ2n) is 3.98. The van der Waals surface area contributed by atoms with Crippen LogP contribution in [0.1, 0.15) is 26.7 Å². The number of likely N-dealkylation sites (N-methyl/N-ethyl adjacent to an activating group) is 1. The fourth-order valence-corrected chi connectivity index (χ4v) is 2.05. The van der Waals surface area contributed by atoms with E-state index in [4.69, 9.17) is 4.74 Å². The number of amides is 1. The summed E-state index contributed by atoms with van der Waals surface area (Å²) in [5.41, 5.74) is 0. The summed E-state index contributed by atoms with van der Waals surface area (Å²) in [6.07, 6.45) is 1.78. The van der Waals surface area contributed by atoms with Crippen molar-refractivity contribution in [3.05, 3.63) is 0 Å². The van der Waals surface area contributed by atoms with Gasteiger partial charge in [-0.2, -0.15) is 0 Å². The molecule has 4 nitrogen and oxygen atoms in total. The Balaban J connectivity index is 2.56. The summed E-state index contributed by atoms with van der Waals surface area (Å²) in [5.74, 6) is 0.118. The van der Waals surface area contributed by atoms with Crippen molar-refractivity contribution in [1.29, 1.82) is 0 Å². The summed E-state index contributed by atoms with van der Waals surface area (Å²) in [4.78, 5) is 13.9. The molecule has 1 N–H and O–H groups in total. The molecule has 4 heteroatoms. The molecule has 1 atom stereocenters. The Morgan fingerprint density at radius 2 is 2.13 bits per heavy atom. The Morgan fingerprint density at radius 3 is 2.60 bits per heavy atom. The first-order chi connectivity index (χ1) is 7.20. The van der Waals surface area contributed by atoms with Crippen LogP contribution in [-0.2, 0) is 9.53 Å². The number of ether oxygens (including phenoxy) is 1. The van der Waals surface area contributed by atoms with Gasteiger partial charge in [0.25, 0.3) is 5.91 Å². The standard InChI is InChI=1S/C11H22N2O2/c1-4-13(11(14)9(2)15-3)10-5-7-12-8-6-10/h9-10,12H,4-8H2,1-3H3. The molecule has 1 amide bonds. The normalized spacial score (nSPS) is 19.9. The van der Waals surface area contributed by atoms with Gasteiger partial charge in [-0.3, -0.25) is 4.79 Å². The zero-order valence-corrected chi connectivity index (χ0v) is 9.95. The molecule has 0 aromatic rings. The molecule has 1 rings (SSSR count). The van der Waals surface area contributed by atoms with Crippen molar-refractivity contribution in [3.63, 3.8) is 0 Å². The second-order valence-corrected chi connectivity index (χ2v) is 3.98. The van der Waals surface area contributed by atoms with E-state index < -0.39 is 0 Å². The predicted octanol–water partition coefficient (Wildman–Crippen LogP) is 0.622. The molecule has 88 valence electrons. The summed E-state index contributed by atoms with van der Waals surface area (Å²) in [6.45, 7) is 6.64. The average molecular weight is 214 g/mol. The molecule has 0 saturated carbocycles. The number of methoxy groups -OCH3 is 1. The molecule has 0 radical (unpaired) electrons. The number of carbonyl (C=O) groups is 1. The third-order valence-electron chi connectivity index (χ3n) is 3.07. The first kappa shape index (κ1) is 12.5. The molecular weight excluding hydrogens is 192 g/mol. The largest absolute Gasteiger partial charge is 0.372 e. The highest BCUT2D eigenvalue weighted by atomic mass is 16.5. The smallest absolute Gasteiger partial charge is 0.251 e. The van der Waals surface area contributed by atoms with Crippen molar-refractivity contribution in [3.8, 4) is 0 Å². The van der Waals surface area contributed by atoms with E-state index in [1.165, 1.54) is 0 Å². The lowest BCUT2D eigenvalue weighted by Crippen LogP contribution is -2.49. The van der Waals surface area contributed by atoms with Gasteiger partial charge in [-0.25, -0.2) is 0 Å². The molecule has 1 fully saturated rings. The van der Waals surface area contributed by atoms with Crippen LogP contribution in [0.25, 0.3) is 0 Å². The van der Waals surface area contributed by atoms with E-state index in [0.29, 0.717) is 6.04 Å². The van der Waals surface area contributed by atoms with Crippen molar-refractivity contribution in [2.24, 2.45) is 0 Å². The van der Waals surface area contributed by atoms with Gasteiger partial charge < -0.3 is 15.0 Å². The van der Waals surface area contributed by atoms with E-state index >= 15 is 0 Å². The summed E-state index contributed by atoms with van der Waals surface area (Å²) >= 11 is 0. The van der Waals surface area contributed by atoms with Crippen molar-refractivity contribution >= 4 is 5.91 Å². The Hall–Kier alpha value is -0.610. The maximum absolute atomic E-state index is 12.0. The molecule has 0 aromatic heterocycles. The van der Waals surface area contributed by atoms with Crippen LogP contribution >= 0.6 is 0 Å². The van der Waals surface area contributed by atoms with E-state index in [1.54, 1.807) is 7.11 Å². The highest BCUT2D eigenvalue weighted by Gasteiger charge is 2.26. The number of nitrogens with zero attached hydrogens (tertiary/aromatic N) is 1. The van der Waals surface area contributed by atoms with Gasteiger partial charge in [0.05, 0.1) is 0 Å². The van der Waals surface area contributed by atoms with E-state index in [9.17, 15) is 4.79 Å². The van der Waals surface area contributed by atoms with Crippen molar-refractivity contribution in [1.82, 2.24) is 10.2 Å². The molecule has 1 unspecified atom stereocenters. The van der Waals surface area contributed by atoms with E-state index in [1.807, 2.05) is 18.7 Å². The monoisotopic (exact) mass is 214 g/mol. The summed E-state index contributed by atoms with van der Waals surface area (Å²) < 4.78 is 5.08. The average Bonchev–Trinajstić information content (AvgIpc) is 2.30. The highest BCUT2D eigenvalue weighted by molar-refractivity contribution is 5.80. The fourth-order valence-electron chi connectivity index (χ4n) is 2.05. The van der Waals surface area contributed by atoms with Crippen LogP contribution in [0.5, 0.6) is 0 Å². The van der Waals surface area contributed by atoms with Gasteiger partial charge in [-0.15, -0.1) is 0 Å². The van der Waals surface area contributed by atoms with E-state index in [2.05, 4.69) is 5.32 Å². The minimum absolute atomic E-state index is 0.118. The van der Waals surface area contributed by atoms with Crippen LogP contribution in [0.3, 0.4) is 0 Å². The highest BCUT2D eigenvalue weighted by Crippen LogP contribution is 2.13. The number of rotatable bonds is 4. The lowest BCUT2D eigenvalue weighted by Gasteiger charge is -2.35. The lowest BCUT2D eigenvalue weighted by atomic mass is 10.0. The first-order valence-electron chi connectivity index (χ1n) is 5.74. The fraction of sp³-hybridized carbons (Fsp3) is 0.909. The Morgan fingerprint density at radius 1 is 1.53 bits per heavy atom. The van der Waals surface area contributed by atoms with E-state index in [-0.39, 0.29) is 12.0 Å². The van der Waals surface area contributed by atoms with Crippen molar-refractivity contribution in [2.45, 2.75) is 38.8 Å². The third-order valence-corrected chi connectivity index (χ3v) is 3.07. The first-order valence-corrected chi connectivity index (χ1v) is 5.74. The molecule has 15 heavy (non-hydrogen) atoms. The zero-order valence-electron chi connectivity index (χ0n) is 9.95. The summed E-state index contributed by atoms with van der Waals surface area (Å²) in [5, 5.41) is 3.31. The molecule has 1 heterocycles. The molecule has 0 aliphatic carbocycles. The molecule has 1 aliphatic rings. The second kappa shape index (κ2) is 6.08. The molecule has 1 aliphatic heterocycles. The van der Waals surface area contributed by atoms with Gasteiger partial charge in [0.15, 0.2) is 0 Å². The zero-order chi connectivity index (χ0) is 11.3. The van der Waals surface area contributed by atoms with Crippen LogP contribution in [0.15, 0.2) is 0 Å². The number of hydrogen-bond donors (Lipinski definition) is 1. The minimum atomic E-state index is -0.320. The lowest BCUT2D eigenvalue weighted by molar-refractivity contribution is -0.143. The van der Waals surface area contributed by atoms with Crippen LogP contribution in [0.2, 0.25) is 0 Å². The van der Waals surface area contributed by atoms with Gasteiger partial charge in [0.2, 0.25) is 0 Å². The van der Waals surface area contributed by atoms with Gasteiger partial charge in [0, 0.05) is 19.7 Å². The minimum Gasteiger partial charge on any atom is -0.372 e. The van der Waals surface area contributed by atoms with Crippen LogP contribution in [0.4, 0.5) is 0 Å². The molecule has 1 saturated heterocycles.